The minimum Gasteiger partial charge on any atom is -0.491 e. The first-order valence-corrected chi connectivity index (χ1v) is 8.34. The molecule has 1 aromatic carbocycles. The first kappa shape index (κ1) is 18.7. The number of aliphatic hydroxyl groups is 1. The van der Waals surface area contributed by atoms with Crippen LogP contribution in [0.4, 0.5) is 5.95 Å². The van der Waals surface area contributed by atoms with Gasteiger partial charge in [0.15, 0.2) is 11.2 Å². The highest BCUT2D eigenvalue weighted by Crippen LogP contribution is 2.16. The number of ether oxygens (including phenoxy) is 1. The van der Waals surface area contributed by atoms with E-state index < -0.39 is 17.4 Å². The van der Waals surface area contributed by atoms with E-state index in [9.17, 15) is 14.7 Å². The van der Waals surface area contributed by atoms with Crippen molar-refractivity contribution < 1.29 is 9.84 Å². The Morgan fingerprint density at radius 3 is 2.52 bits per heavy atom. The third-order valence-electron chi connectivity index (χ3n) is 4.33. The average Bonchev–Trinajstić information content (AvgIpc) is 3.02. The van der Waals surface area contributed by atoms with Gasteiger partial charge in [-0.3, -0.25) is 19.4 Å². The fraction of sp³-hybridized carbons (Fsp3) is 0.353. The average molecular weight is 374 g/mol. The summed E-state index contributed by atoms with van der Waals surface area (Å²) in [6, 6.07) is 7.44. The predicted octanol–water partition coefficient (Wildman–Crippen LogP) is -0.532. The molecule has 0 amide bonds. The maximum atomic E-state index is 12.6. The van der Waals surface area contributed by atoms with Gasteiger partial charge in [-0.1, -0.05) is 17.7 Å². The van der Waals surface area contributed by atoms with Gasteiger partial charge < -0.3 is 14.4 Å². The number of nitrogens with one attached hydrogen (secondary N) is 1. The third-order valence-corrected chi connectivity index (χ3v) is 4.33. The molecule has 2 heterocycles. The zero-order valence-corrected chi connectivity index (χ0v) is 15.3. The molecular formula is C17H22N6O4. The summed E-state index contributed by atoms with van der Waals surface area (Å²) >= 11 is 0. The van der Waals surface area contributed by atoms with Crippen LogP contribution >= 0.6 is 0 Å². The molecule has 2 aromatic heterocycles. The Hall–Kier alpha value is -3.11. The van der Waals surface area contributed by atoms with Crippen molar-refractivity contribution in [2.24, 2.45) is 19.9 Å². The van der Waals surface area contributed by atoms with Gasteiger partial charge in [0.05, 0.1) is 6.54 Å². The molecule has 10 nitrogen and oxygen atoms in total. The minimum absolute atomic E-state index is 0.00926. The second-order valence-electron chi connectivity index (χ2n) is 6.35. The normalized spacial score (nSPS) is 12.3. The molecule has 144 valence electrons. The lowest BCUT2D eigenvalue weighted by atomic mass is 10.2. The zero-order valence-electron chi connectivity index (χ0n) is 15.3. The molecule has 10 heteroatoms. The fourth-order valence-corrected chi connectivity index (χ4v) is 2.82. The van der Waals surface area contributed by atoms with E-state index in [4.69, 9.17) is 10.6 Å². The van der Waals surface area contributed by atoms with Crippen LogP contribution in [-0.4, -0.2) is 36.5 Å². The fourth-order valence-electron chi connectivity index (χ4n) is 2.82. The van der Waals surface area contributed by atoms with Crippen LogP contribution in [0.25, 0.3) is 11.2 Å². The van der Waals surface area contributed by atoms with Crippen LogP contribution in [0.5, 0.6) is 5.75 Å². The maximum absolute atomic E-state index is 12.6. The van der Waals surface area contributed by atoms with E-state index in [0.29, 0.717) is 5.75 Å². The third kappa shape index (κ3) is 3.44. The number of rotatable bonds is 6. The minimum atomic E-state index is -0.933. The van der Waals surface area contributed by atoms with Crippen molar-refractivity contribution in [1.82, 2.24) is 18.7 Å². The Bertz CT molecular complexity index is 1080. The van der Waals surface area contributed by atoms with Crippen molar-refractivity contribution in [2.45, 2.75) is 19.6 Å². The Morgan fingerprint density at radius 2 is 1.89 bits per heavy atom. The molecule has 0 aliphatic rings. The first-order chi connectivity index (χ1) is 12.8. The van der Waals surface area contributed by atoms with Crippen molar-refractivity contribution in [3.63, 3.8) is 0 Å². The van der Waals surface area contributed by atoms with Crippen LogP contribution < -0.4 is 27.3 Å². The Balaban J connectivity index is 1.90. The van der Waals surface area contributed by atoms with Crippen LogP contribution in [0, 0.1) is 6.92 Å². The predicted molar refractivity (Wildman–Crippen MR) is 101 cm³/mol. The molecule has 27 heavy (non-hydrogen) atoms. The number of imidazole rings is 1. The molecule has 0 aliphatic carbocycles. The number of aromatic nitrogens is 4. The largest absolute Gasteiger partial charge is 0.491 e. The smallest absolute Gasteiger partial charge is 0.332 e. The van der Waals surface area contributed by atoms with Crippen LogP contribution in [0.3, 0.4) is 0 Å². The van der Waals surface area contributed by atoms with E-state index in [1.807, 2.05) is 31.2 Å². The highest BCUT2D eigenvalue weighted by molar-refractivity contribution is 5.74. The summed E-state index contributed by atoms with van der Waals surface area (Å²) in [7, 11) is 2.90. The van der Waals surface area contributed by atoms with Crippen molar-refractivity contribution >= 4 is 17.1 Å². The summed E-state index contributed by atoms with van der Waals surface area (Å²) in [4.78, 5) is 28.8. The van der Waals surface area contributed by atoms with Gasteiger partial charge in [-0.2, -0.15) is 4.98 Å². The summed E-state index contributed by atoms with van der Waals surface area (Å²) in [5.41, 5.74) is 2.84. The van der Waals surface area contributed by atoms with Gasteiger partial charge in [-0.15, -0.1) is 0 Å². The van der Waals surface area contributed by atoms with Crippen molar-refractivity contribution in [2.75, 3.05) is 12.0 Å². The van der Waals surface area contributed by atoms with Crippen LogP contribution in [-0.2, 0) is 20.6 Å². The molecule has 0 bridgehead atoms. The number of anilines is 1. The Labute approximate surface area is 154 Å². The molecule has 0 aliphatic heterocycles. The molecule has 1 atom stereocenters. The molecule has 3 aromatic rings. The molecule has 1 unspecified atom stereocenters. The first-order valence-electron chi connectivity index (χ1n) is 8.34. The van der Waals surface area contributed by atoms with Gasteiger partial charge in [0, 0.05) is 14.1 Å². The highest BCUT2D eigenvalue weighted by Gasteiger charge is 2.20. The Morgan fingerprint density at radius 1 is 1.22 bits per heavy atom. The number of hydrazine groups is 1. The molecular weight excluding hydrogens is 352 g/mol. The van der Waals surface area contributed by atoms with E-state index in [-0.39, 0.29) is 30.3 Å². The molecule has 0 fully saturated rings. The molecule has 0 saturated carbocycles. The van der Waals surface area contributed by atoms with Gasteiger partial charge >= 0.3 is 5.69 Å². The second-order valence-corrected chi connectivity index (χ2v) is 6.35. The van der Waals surface area contributed by atoms with E-state index in [2.05, 4.69) is 10.4 Å². The molecule has 0 spiro atoms. The second kappa shape index (κ2) is 7.25. The number of hydrogen-bond acceptors (Lipinski definition) is 7. The lowest BCUT2D eigenvalue weighted by molar-refractivity contribution is 0.0938. The van der Waals surface area contributed by atoms with Crippen LogP contribution in [0.1, 0.15) is 5.56 Å². The van der Waals surface area contributed by atoms with Gasteiger partial charge in [0.25, 0.3) is 5.56 Å². The number of hydrogen-bond donors (Lipinski definition) is 3. The molecule has 0 saturated heterocycles. The number of nitrogen functional groups attached to an aromatic ring is 1. The van der Waals surface area contributed by atoms with Crippen LogP contribution in [0.2, 0.25) is 0 Å². The number of aryl methyl sites for hydroxylation is 2. The van der Waals surface area contributed by atoms with E-state index in [1.54, 1.807) is 0 Å². The van der Waals surface area contributed by atoms with Gasteiger partial charge in [-0.05, 0) is 19.1 Å². The van der Waals surface area contributed by atoms with Crippen molar-refractivity contribution in [3.8, 4) is 5.75 Å². The summed E-state index contributed by atoms with van der Waals surface area (Å²) in [6.07, 6.45) is -0.933. The summed E-state index contributed by atoms with van der Waals surface area (Å²) in [5.74, 6) is 6.30. The summed E-state index contributed by atoms with van der Waals surface area (Å²) < 4.78 is 9.26. The molecule has 0 radical (unpaired) electrons. The highest BCUT2D eigenvalue weighted by atomic mass is 16.5. The van der Waals surface area contributed by atoms with Crippen molar-refractivity contribution in [1.29, 1.82) is 0 Å². The lowest BCUT2D eigenvalue weighted by Gasteiger charge is -2.15. The number of fused-ring (bicyclic) bond motifs is 1. The maximum Gasteiger partial charge on any atom is 0.332 e. The number of nitrogens with two attached hydrogens (primary N) is 1. The van der Waals surface area contributed by atoms with Crippen LogP contribution in [0.15, 0.2) is 33.9 Å². The quantitative estimate of drug-likeness (QED) is 0.391. The lowest BCUT2D eigenvalue weighted by Crippen LogP contribution is -2.38. The van der Waals surface area contributed by atoms with E-state index >= 15 is 0 Å². The van der Waals surface area contributed by atoms with E-state index in [0.717, 1.165) is 10.1 Å². The standard InChI is InChI=1S/C17H22N6O4/c1-10-4-6-12(7-5-10)27-9-11(24)8-23-13-14(19-16(23)20-18)21(2)17(26)22(3)15(13)25/h4-7,11,24H,8-9,18H2,1-3H3,(H,19,20). The van der Waals surface area contributed by atoms with Crippen molar-refractivity contribution in [3.05, 3.63) is 50.7 Å². The topological polar surface area (TPSA) is 129 Å². The number of benzene rings is 1. The molecule has 4 N–H and O–H groups in total. The summed E-state index contributed by atoms with van der Waals surface area (Å²) in [6.45, 7) is 1.99. The Kier molecular flexibility index (Phi) is 5.02. The number of nitrogens with zero attached hydrogens (tertiary/aromatic N) is 4. The number of aliphatic hydroxyl groups excluding tert-OH is 1. The SMILES string of the molecule is Cc1ccc(OCC(O)Cn2c(NN)nc3c2c(=O)n(C)c(=O)n3C)cc1. The monoisotopic (exact) mass is 374 g/mol. The van der Waals surface area contributed by atoms with Gasteiger partial charge in [0.2, 0.25) is 5.95 Å². The van der Waals surface area contributed by atoms with E-state index in [1.165, 1.54) is 23.2 Å². The molecule has 3 rings (SSSR count). The van der Waals surface area contributed by atoms with Gasteiger partial charge in [-0.25, -0.2) is 10.6 Å². The summed E-state index contributed by atoms with van der Waals surface area (Å²) in [5, 5.41) is 10.4. The van der Waals surface area contributed by atoms with Gasteiger partial charge in [0.1, 0.15) is 18.5 Å². The zero-order chi connectivity index (χ0) is 19.7.